The molecule has 2 aromatic rings. The number of aliphatic imine (C=N–C) groups is 1. The standard InChI is InChI=1S/C46H69FN6O9S/c1-12-34-46(9,58)32-17-16-30(52-59-23-31-15-14-29(22-49-31)41-50-35(48)24-63-41)18-19-44(7,21-25(3)37(27(32)5)51-36(54)13-2)40(28(6)39(56)45(8,47)43(57)61-34)62-42-38(55)33(53(10)11)20-26(4)60-42/h14-15,22,24-28,32-34,38,40,42,55,58H,12-13,16-21,23,48H2,1-11H3/b51-37?,52-30+/t25-,26-,27-,28+,32-,33+,34-,38-,40-,42+,44-,45+,46+/m1/s1. The Balaban J connectivity index is 1.66. The summed E-state index contributed by atoms with van der Waals surface area (Å²) in [6, 6.07) is 3.36. The average molecular weight is 901 g/mol. The van der Waals surface area contributed by atoms with Crippen LogP contribution in [0.4, 0.5) is 10.2 Å². The molecule has 0 radical (unpaired) electrons. The van der Waals surface area contributed by atoms with Crippen LogP contribution in [0.15, 0.2) is 33.9 Å². The molecule has 0 unspecified atom stereocenters. The number of carbonyl (C=O) groups excluding carboxylic acids is 3. The number of aromatic nitrogens is 2. The van der Waals surface area contributed by atoms with Crippen LogP contribution in [0.1, 0.15) is 119 Å². The third-order valence-corrected chi connectivity index (χ3v) is 14.5. The largest absolute Gasteiger partial charge is 0.457 e. The Morgan fingerprint density at radius 1 is 1.11 bits per heavy atom. The van der Waals surface area contributed by atoms with Gasteiger partial charge in [0, 0.05) is 47.2 Å². The number of hydrogen-bond donors (Lipinski definition) is 3. The van der Waals surface area contributed by atoms with Gasteiger partial charge in [-0.25, -0.2) is 19.2 Å². The number of rotatable bonds is 9. The lowest BCUT2D eigenvalue weighted by Gasteiger charge is -2.48. The van der Waals surface area contributed by atoms with E-state index in [-0.39, 0.29) is 43.9 Å². The zero-order valence-corrected chi connectivity index (χ0v) is 39.6. The highest BCUT2D eigenvalue weighted by molar-refractivity contribution is 7.13. The summed E-state index contributed by atoms with van der Waals surface area (Å²) in [5, 5.41) is 31.5. The second-order valence-corrected chi connectivity index (χ2v) is 19.7. The number of amides is 1. The highest BCUT2D eigenvalue weighted by atomic mass is 32.1. The molecule has 0 spiro atoms. The number of halogens is 1. The molecule has 1 saturated carbocycles. The molecule has 5 rings (SSSR count). The molecule has 350 valence electrons. The fourth-order valence-corrected chi connectivity index (χ4v) is 10.7. The number of hydrogen-bond acceptors (Lipinski definition) is 15. The molecular formula is C46H69FN6O9S. The topological polar surface area (TPSA) is 208 Å². The Morgan fingerprint density at radius 3 is 2.43 bits per heavy atom. The maximum atomic E-state index is 17.0. The predicted molar refractivity (Wildman–Crippen MR) is 240 cm³/mol. The van der Waals surface area contributed by atoms with Crippen molar-refractivity contribution in [3.8, 4) is 10.6 Å². The number of likely N-dealkylation sites (N-methyl/N-ethyl adjacent to an activating group) is 1. The highest BCUT2D eigenvalue weighted by Crippen LogP contribution is 2.47. The number of oxime groups is 1. The number of aliphatic hydroxyl groups is 2. The van der Waals surface area contributed by atoms with Gasteiger partial charge in [0.25, 0.3) is 5.67 Å². The fourth-order valence-electron chi connectivity index (χ4n) is 9.96. The molecule has 1 amide bonds. The molecule has 4 heterocycles. The minimum absolute atomic E-state index is 0.0495. The number of cyclic esters (lactones) is 1. The van der Waals surface area contributed by atoms with Gasteiger partial charge in [-0.2, -0.15) is 0 Å². The van der Waals surface area contributed by atoms with Gasteiger partial charge in [0.2, 0.25) is 5.91 Å². The lowest BCUT2D eigenvalue weighted by Crippen LogP contribution is -2.59. The van der Waals surface area contributed by atoms with Crippen molar-refractivity contribution >= 4 is 46.2 Å². The van der Waals surface area contributed by atoms with Gasteiger partial charge in [-0.15, -0.1) is 11.3 Å². The number of Topliss-reactive ketones (excluding diaryl/α,β-unsaturated/α-hetero) is 1. The number of pyridine rings is 1. The molecule has 2 bridgehead atoms. The van der Waals surface area contributed by atoms with E-state index in [1.54, 1.807) is 32.3 Å². The zero-order chi connectivity index (χ0) is 46.6. The van der Waals surface area contributed by atoms with Crippen LogP contribution >= 0.6 is 11.3 Å². The molecule has 1 aliphatic carbocycles. The van der Waals surface area contributed by atoms with Crippen molar-refractivity contribution in [1.29, 1.82) is 0 Å². The van der Waals surface area contributed by atoms with Crippen LogP contribution in [0.3, 0.4) is 0 Å². The van der Waals surface area contributed by atoms with E-state index in [2.05, 4.69) is 15.1 Å². The van der Waals surface area contributed by atoms with Gasteiger partial charge in [-0.1, -0.05) is 46.7 Å². The number of nitrogens with two attached hydrogens (primary N) is 1. The molecule has 3 fully saturated rings. The fraction of sp³-hybridized carbons (Fsp3) is 0.717. The monoisotopic (exact) mass is 900 g/mol. The van der Waals surface area contributed by atoms with E-state index in [4.69, 9.17) is 29.8 Å². The van der Waals surface area contributed by atoms with E-state index >= 15 is 4.39 Å². The van der Waals surface area contributed by atoms with Crippen LogP contribution in [0, 0.1) is 29.1 Å². The zero-order valence-electron chi connectivity index (χ0n) is 38.8. The van der Waals surface area contributed by atoms with Gasteiger partial charge in [-0.3, -0.25) is 14.6 Å². The third kappa shape index (κ3) is 11.4. The quantitative estimate of drug-likeness (QED) is 0.136. The maximum Gasteiger partial charge on any atom is 0.351 e. The van der Waals surface area contributed by atoms with Crippen LogP contribution in [-0.2, 0) is 40.0 Å². The van der Waals surface area contributed by atoms with E-state index in [1.165, 1.54) is 18.3 Å². The summed E-state index contributed by atoms with van der Waals surface area (Å²) in [6.45, 7) is 15.1. The van der Waals surface area contributed by atoms with Crippen molar-refractivity contribution in [2.24, 2.45) is 39.2 Å². The van der Waals surface area contributed by atoms with Crippen molar-refractivity contribution in [3.05, 3.63) is 29.4 Å². The molecule has 17 heteroatoms. The molecule has 3 aliphatic rings. The Morgan fingerprint density at radius 2 is 1.83 bits per heavy atom. The number of nitrogen functional groups attached to an aromatic ring is 1. The maximum absolute atomic E-state index is 17.0. The number of carbonyl (C=O) groups is 3. The number of ketones is 1. The van der Waals surface area contributed by atoms with Crippen molar-refractivity contribution in [1.82, 2.24) is 14.9 Å². The number of fused-ring (bicyclic) bond motifs is 5. The van der Waals surface area contributed by atoms with E-state index in [0.29, 0.717) is 55.0 Å². The molecule has 63 heavy (non-hydrogen) atoms. The second-order valence-electron chi connectivity index (χ2n) is 18.8. The normalized spacial score (nSPS) is 37.6. The molecule has 13 atom stereocenters. The van der Waals surface area contributed by atoms with Crippen molar-refractivity contribution < 1.29 is 48.0 Å². The molecule has 2 aromatic heterocycles. The van der Waals surface area contributed by atoms with Gasteiger partial charge in [-0.05, 0) is 109 Å². The number of alkyl halides is 1. The Labute approximate surface area is 375 Å². The second kappa shape index (κ2) is 20.6. The molecule has 2 saturated heterocycles. The average Bonchev–Trinajstić information content (AvgIpc) is 3.67. The number of nitrogens with zero attached hydrogens (tertiary/aromatic N) is 5. The first-order chi connectivity index (χ1) is 29.5. The van der Waals surface area contributed by atoms with E-state index in [1.807, 2.05) is 58.8 Å². The van der Waals surface area contributed by atoms with Crippen molar-refractivity contribution in [2.75, 3.05) is 19.8 Å². The minimum atomic E-state index is -3.13. The summed E-state index contributed by atoms with van der Waals surface area (Å²) < 4.78 is 36.0. The third-order valence-electron chi connectivity index (χ3n) is 13.6. The number of thiazole rings is 1. The summed E-state index contributed by atoms with van der Waals surface area (Å²) >= 11 is 1.42. The van der Waals surface area contributed by atoms with Gasteiger partial charge < -0.3 is 39.9 Å². The van der Waals surface area contributed by atoms with Gasteiger partial charge in [0.05, 0.1) is 23.6 Å². The highest BCUT2D eigenvalue weighted by Gasteiger charge is 2.56. The predicted octanol–water partition coefficient (Wildman–Crippen LogP) is 6.73. The molecule has 2 aliphatic heterocycles. The van der Waals surface area contributed by atoms with Crippen LogP contribution in [0.5, 0.6) is 0 Å². The van der Waals surface area contributed by atoms with Crippen LogP contribution in [-0.4, -0.2) is 116 Å². The van der Waals surface area contributed by atoms with Crippen LogP contribution in [0.25, 0.3) is 10.6 Å². The minimum Gasteiger partial charge on any atom is -0.457 e. The lowest BCUT2D eigenvalue weighted by molar-refractivity contribution is -0.287. The van der Waals surface area contributed by atoms with E-state index in [0.717, 1.165) is 17.5 Å². The number of anilines is 1. The summed E-state index contributed by atoms with van der Waals surface area (Å²) in [4.78, 5) is 63.3. The first-order valence-corrected chi connectivity index (χ1v) is 23.2. The van der Waals surface area contributed by atoms with Crippen molar-refractivity contribution in [3.63, 3.8) is 0 Å². The first kappa shape index (κ1) is 50.3. The Bertz CT molecular complexity index is 1970. The van der Waals surface area contributed by atoms with Crippen LogP contribution in [0.2, 0.25) is 0 Å². The number of aliphatic hydroxyl groups excluding tert-OH is 1. The summed E-state index contributed by atoms with van der Waals surface area (Å²) in [7, 11) is 3.70. The summed E-state index contributed by atoms with van der Waals surface area (Å²) in [6.07, 6.45) is -1.10. The van der Waals surface area contributed by atoms with E-state index < -0.39 is 76.7 Å². The van der Waals surface area contributed by atoms with Gasteiger partial charge in [0.15, 0.2) is 18.7 Å². The smallest absolute Gasteiger partial charge is 0.351 e. The number of esters is 1. The summed E-state index contributed by atoms with van der Waals surface area (Å²) in [5.74, 6) is -5.36. The molecular weight excluding hydrogens is 832 g/mol. The Kier molecular flexibility index (Phi) is 16.4. The number of ether oxygens (including phenoxy) is 3. The molecule has 4 N–H and O–H groups in total. The van der Waals surface area contributed by atoms with Gasteiger partial charge in [0.1, 0.15) is 28.6 Å². The van der Waals surface area contributed by atoms with E-state index in [9.17, 15) is 24.6 Å². The summed E-state index contributed by atoms with van der Waals surface area (Å²) in [5.41, 5.74) is 2.49. The lowest BCUT2D eigenvalue weighted by atomic mass is 9.65. The van der Waals surface area contributed by atoms with Crippen LogP contribution < -0.4 is 5.73 Å². The van der Waals surface area contributed by atoms with Crippen molar-refractivity contribution in [2.45, 2.75) is 168 Å². The Hall–Kier alpha value is -3.74. The molecule has 0 aromatic carbocycles. The first-order valence-electron chi connectivity index (χ1n) is 22.3. The molecule has 15 nitrogen and oxygen atoms in total. The SMILES string of the molecule is CCC(=O)N=C1[C@H](C)C[C@@]2(C)CC/C(=N/OCc3ccc(-c4nc(N)cs4)cn3)CC[C@H]([C@H]1C)[C@](C)(O)[C@@H](CC)OC(=O)[C@@](C)(F)C(=O)[C@H](C)[C@H]2O[C@@H]1O[C@H](C)C[C@H](N(C)C)[C@H]1O. The van der Waals surface area contributed by atoms with Gasteiger partial charge >= 0.3 is 5.97 Å².